The second kappa shape index (κ2) is 13.3. The number of aromatic nitrogens is 1. The summed E-state index contributed by atoms with van der Waals surface area (Å²) in [5.41, 5.74) is 0.404. The van der Waals surface area contributed by atoms with Crippen molar-refractivity contribution in [2.75, 3.05) is 52.4 Å². The number of oxazole rings is 1. The highest BCUT2D eigenvalue weighted by atomic mass is 35.5. The summed E-state index contributed by atoms with van der Waals surface area (Å²) in [6, 6.07) is 16.1. The molecule has 1 amide bonds. The normalized spacial score (nSPS) is 19.8. The number of rotatable bonds is 12. The number of likely N-dealkylation sites (tertiary alicyclic amines) is 1. The lowest BCUT2D eigenvalue weighted by Gasteiger charge is -2.41. The number of fused-ring (bicyclic) bond motifs is 1. The third-order valence-corrected chi connectivity index (χ3v) is 10.8. The molecule has 0 saturated carbocycles. The zero-order valence-electron chi connectivity index (χ0n) is 26.7. The maximum absolute atomic E-state index is 15.4. The number of sulfonamides is 1. The van der Waals surface area contributed by atoms with Gasteiger partial charge in [0, 0.05) is 42.9 Å². The molecule has 11 nitrogen and oxygen atoms in total. The molecule has 3 heterocycles. The highest BCUT2D eigenvalue weighted by Crippen LogP contribution is 2.56. The molecule has 2 aliphatic heterocycles. The Bertz CT molecular complexity index is 1850. The van der Waals surface area contributed by atoms with Crippen molar-refractivity contribution >= 4 is 33.2 Å². The Balaban J connectivity index is 1.59. The molecule has 1 aromatic heterocycles. The number of anilines is 1. The maximum atomic E-state index is 15.4. The molecule has 0 N–H and O–H groups in total. The van der Waals surface area contributed by atoms with Crippen LogP contribution in [0.5, 0.6) is 11.5 Å². The lowest BCUT2D eigenvalue weighted by molar-refractivity contribution is -0.127. The van der Waals surface area contributed by atoms with Crippen molar-refractivity contribution in [3.63, 3.8) is 0 Å². The molecule has 4 aromatic rings. The van der Waals surface area contributed by atoms with Gasteiger partial charge in [0.2, 0.25) is 5.89 Å². The Morgan fingerprint density at radius 1 is 1.04 bits per heavy atom. The Morgan fingerprint density at radius 2 is 1.83 bits per heavy atom. The first-order chi connectivity index (χ1) is 22.7. The number of amides is 1. The van der Waals surface area contributed by atoms with Crippen LogP contribution < -0.4 is 13.8 Å². The molecule has 0 radical (unpaired) electrons. The Labute approximate surface area is 279 Å². The number of methoxy groups -OCH3 is 3. The summed E-state index contributed by atoms with van der Waals surface area (Å²) in [6.07, 6.45) is 4.42. The monoisotopic (exact) mass is 680 g/mol. The predicted octanol–water partition coefficient (Wildman–Crippen LogP) is 5.24. The minimum Gasteiger partial charge on any atom is -0.497 e. The number of hydrogen-bond acceptors (Lipinski definition) is 10. The molecule has 3 aromatic carbocycles. The van der Waals surface area contributed by atoms with Crippen LogP contribution in [0.3, 0.4) is 0 Å². The molecular weight excluding hydrogens is 644 g/mol. The number of hydrogen-bond donors (Lipinski definition) is 0. The molecule has 0 bridgehead atoms. The van der Waals surface area contributed by atoms with Gasteiger partial charge in [-0.15, -0.1) is 0 Å². The second-order valence-electron chi connectivity index (χ2n) is 11.6. The summed E-state index contributed by atoms with van der Waals surface area (Å²) in [5, 5.41) is 0.354. The molecule has 47 heavy (non-hydrogen) atoms. The molecule has 248 valence electrons. The van der Waals surface area contributed by atoms with Crippen LogP contribution >= 0.6 is 11.6 Å². The van der Waals surface area contributed by atoms with Gasteiger partial charge in [0.25, 0.3) is 15.9 Å². The van der Waals surface area contributed by atoms with Gasteiger partial charge in [0.05, 0.1) is 43.6 Å². The summed E-state index contributed by atoms with van der Waals surface area (Å²) in [5.74, 6) is 0.683. The van der Waals surface area contributed by atoms with Crippen molar-refractivity contribution in [2.24, 2.45) is 0 Å². The molecule has 2 atom stereocenters. The van der Waals surface area contributed by atoms with Crippen LogP contribution in [-0.4, -0.2) is 77.2 Å². The summed E-state index contributed by atoms with van der Waals surface area (Å²) in [6.45, 7) is 2.35. The first-order valence-electron chi connectivity index (χ1n) is 15.2. The summed E-state index contributed by atoms with van der Waals surface area (Å²) < 4.78 is 52.2. The van der Waals surface area contributed by atoms with E-state index in [1.807, 2.05) is 30.1 Å². The van der Waals surface area contributed by atoms with Gasteiger partial charge in [-0.25, -0.2) is 17.7 Å². The standard InChI is InChI=1S/C34H37ClN4O7S/c1-37(17-19-43-2)22-23-7-13-27(31(20-23)45-4)34(38-16-5-6-30(38)32-36-15-18-46-32)28-21-24(35)8-14-29(28)39(33(34)40)47(41,42)26-11-9-25(44-3)10-12-26/h7-15,18,20-21,30H,5-6,16-17,19,22H2,1-4H3/t30-,34?/m0/s1. The lowest BCUT2D eigenvalue weighted by Crippen LogP contribution is -2.54. The van der Waals surface area contributed by atoms with Gasteiger partial charge >= 0.3 is 0 Å². The van der Waals surface area contributed by atoms with E-state index in [1.54, 1.807) is 50.7 Å². The Morgan fingerprint density at radius 3 is 2.51 bits per heavy atom. The van der Waals surface area contributed by atoms with Gasteiger partial charge in [-0.3, -0.25) is 14.6 Å². The smallest absolute Gasteiger partial charge is 0.271 e. The van der Waals surface area contributed by atoms with Gasteiger partial charge in [0.15, 0.2) is 5.54 Å². The van der Waals surface area contributed by atoms with Crippen LogP contribution in [-0.2, 0) is 31.6 Å². The molecule has 1 fully saturated rings. The minimum atomic E-state index is -4.41. The topological polar surface area (TPSA) is 115 Å². The number of halogens is 1. The highest BCUT2D eigenvalue weighted by Gasteiger charge is 2.62. The van der Waals surface area contributed by atoms with Crippen LogP contribution in [0, 0.1) is 0 Å². The van der Waals surface area contributed by atoms with Crippen LogP contribution in [0.25, 0.3) is 0 Å². The fourth-order valence-electron chi connectivity index (χ4n) is 6.73. The van der Waals surface area contributed by atoms with Gasteiger partial charge in [0.1, 0.15) is 17.8 Å². The molecule has 13 heteroatoms. The molecule has 1 unspecified atom stereocenters. The van der Waals surface area contributed by atoms with Crippen LogP contribution in [0.2, 0.25) is 5.02 Å². The van der Waals surface area contributed by atoms with Crippen molar-refractivity contribution in [3.8, 4) is 11.5 Å². The van der Waals surface area contributed by atoms with Crippen LogP contribution in [0.4, 0.5) is 5.69 Å². The van der Waals surface area contributed by atoms with E-state index in [2.05, 4.69) is 9.88 Å². The van der Waals surface area contributed by atoms with Crippen LogP contribution in [0.15, 0.2) is 82.4 Å². The van der Waals surface area contributed by atoms with Gasteiger partial charge in [-0.1, -0.05) is 23.7 Å². The highest BCUT2D eigenvalue weighted by molar-refractivity contribution is 7.93. The lowest BCUT2D eigenvalue weighted by atomic mass is 9.80. The average molecular weight is 681 g/mol. The third kappa shape index (κ3) is 5.67. The van der Waals surface area contributed by atoms with E-state index in [0.717, 1.165) is 16.4 Å². The minimum absolute atomic E-state index is 0.0598. The van der Waals surface area contributed by atoms with E-state index in [4.69, 9.17) is 30.2 Å². The maximum Gasteiger partial charge on any atom is 0.271 e. The molecule has 2 aliphatic rings. The fourth-order valence-corrected chi connectivity index (χ4v) is 8.36. The molecule has 6 rings (SSSR count). The Kier molecular flexibility index (Phi) is 9.32. The van der Waals surface area contributed by atoms with Crippen LogP contribution in [0.1, 0.15) is 41.5 Å². The first kappa shape index (κ1) is 33.0. The predicted molar refractivity (Wildman–Crippen MR) is 176 cm³/mol. The Hall–Kier alpha value is -3.94. The van der Waals surface area contributed by atoms with Gasteiger partial charge in [-0.2, -0.15) is 0 Å². The number of ether oxygens (including phenoxy) is 3. The van der Waals surface area contributed by atoms with E-state index >= 15 is 4.79 Å². The van der Waals surface area contributed by atoms with Gasteiger partial charge in [-0.05, 0) is 74.0 Å². The van der Waals surface area contributed by atoms with Gasteiger partial charge < -0.3 is 18.6 Å². The van der Waals surface area contributed by atoms with Crippen molar-refractivity contribution in [2.45, 2.75) is 35.9 Å². The largest absolute Gasteiger partial charge is 0.497 e. The zero-order chi connectivity index (χ0) is 33.3. The summed E-state index contributed by atoms with van der Waals surface area (Å²) >= 11 is 6.65. The quantitative estimate of drug-likeness (QED) is 0.197. The SMILES string of the molecule is COCCN(C)Cc1ccc(C2(N3CCC[C@H]3c3ncco3)C(=O)N(S(=O)(=O)c3ccc(OC)cc3)c3ccc(Cl)cc32)c(OC)c1. The van der Waals surface area contributed by atoms with E-state index in [9.17, 15) is 8.42 Å². The van der Waals surface area contributed by atoms with Crippen molar-refractivity contribution in [1.29, 1.82) is 0 Å². The molecule has 0 aliphatic carbocycles. The van der Waals surface area contributed by atoms with E-state index in [1.165, 1.54) is 25.5 Å². The number of nitrogens with zero attached hydrogens (tertiary/aromatic N) is 4. The average Bonchev–Trinajstić information content (AvgIpc) is 3.83. The van der Waals surface area contributed by atoms with Crippen molar-refractivity contribution in [1.82, 2.24) is 14.8 Å². The number of carbonyl (C=O) groups is 1. The van der Waals surface area contributed by atoms with E-state index in [0.29, 0.717) is 66.1 Å². The zero-order valence-corrected chi connectivity index (χ0v) is 28.3. The molecular formula is C34H37ClN4O7S. The first-order valence-corrected chi connectivity index (χ1v) is 17.0. The molecule has 0 spiro atoms. The fraction of sp³-hybridized carbons (Fsp3) is 0.353. The third-order valence-electron chi connectivity index (χ3n) is 8.86. The second-order valence-corrected chi connectivity index (χ2v) is 13.8. The number of likely N-dealkylation sites (N-methyl/N-ethyl adjacent to an activating group) is 1. The van der Waals surface area contributed by atoms with Crippen molar-refractivity contribution < 1.29 is 31.8 Å². The summed E-state index contributed by atoms with van der Waals surface area (Å²) in [7, 11) is 2.29. The van der Waals surface area contributed by atoms with E-state index in [-0.39, 0.29) is 10.6 Å². The number of benzene rings is 3. The number of carbonyl (C=O) groups excluding carboxylic acids is 1. The summed E-state index contributed by atoms with van der Waals surface area (Å²) in [4.78, 5) is 23.9. The van der Waals surface area contributed by atoms with Crippen molar-refractivity contribution in [3.05, 3.63) is 101 Å². The molecule has 1 saturated heterocycles. The van der Waals surface area contributed by atoms with E-state index < -0.39 is 27.5 Å².